The van der Waals surface area contributed by atoms with E-state index >= 15 is 0 Å². The van der Waals surface area contributed by atoms with Crippen molar-refractivity contribution in [3.05, 3.63) is 7.66 Å². The Hall–Kier alpha value is 1.31. The Morgan fingerprint density at radius 1 is 1.50 bits per heavy atom. The molecule has 0 radical (unpaired) electrons. The van der Waals surface area contributed by atoms with E-state index in [0.717, 1.165) is 3.58 Å². The molecular formula is C7H14I2NO3P. The first kappa shape index (κ1) is 15.3. The topological polar surface area (TPSA) is 38.8 Å². The summed E-state index contributed by atoms with van der Waals surface area (Å²) in [5, 5.41) is 0. The summed E-state index contributed by atoms with van der Waals surface area (Å²) in [7, 11) is -0.281. The summed E-state index contributed by atoms with van der Waals surface area (Å²) in [5.74, 6) is 0. The van der Waals surface area contributed by atoms with E-state index in [1.807, 2.05) is 11.0 Å². The second-order valence-electron chi connectivity index (χ2n) is 2.37. The van der Waals surface area contributed by atoms with Crippen LogP contribution in [0.1, 0.15) is 6.92 Å². The maximum Gasteiger partial charge on any atom is 0.407 e. The molecule has 0 N–H and O–H groups in total. The summed E-state index contributed by atoms with van der Waals surface area (Å²) in [6.07, 6.45) is 0. The smallest absolute Gasteiger partial charge is 0.300 e. The van der Waals surface area contributed by atoms with Crippen LogP contribution < -0.4 is 0 Å². The van der Waals surface area contributed by atoms with Gasteiger partial charge in [0, 0.05) is 30.9 Å². The van der Waals surface area contributed by atoms with Crippen LogP contribution in [0, 0.1) is 0 Å². The zero-order chi connectivity index (χ0) is 11.2. The van der Waals surface area contributed by atoms with E-state index in [4.69, 9.17) is 9.05 Å². The van der Waals surface area contributed by atoms with Gasteiger partial charge in [-0.05, 0) is 26.7 Å². The van der Waals surface area contributed by atoms with Gasteiger partial charge in [-0.1, -0.05) is 29.5 Å². The number of rotatable bonds is 6. The van der Waals surface area contributed by atoms with Crippen molar-refractivity contribution < 1.29 is 13.6 Å². The fraction of sp³-hybridized carbons (Fsp3) is 0.714. The molecule has 0 atom stereocenters. The van der Waals surface area contributed by atoms with Crippen molar-refractivity contribution in [2.24, 2.45) is 0 Å². The molecule has 0 aliphatic carbocycles. The molecule has 0 saturated carbocycles. The predicted molar refractivity (Wildman–Crippen MR) is 75.0 cm³/mol. The third kappa shape index (κ3) is 4.44. The molecule has 0 amide bonds. The molecular weight excluding hydrogens is 431 g/mol. The van der Waals surface area contributed by atoms with Crippen molar-refractivity contribution in [3.8, 4) is 0 Å². The molecule has 0 heterocycles. The third-order valence-electron chi connectivity index (χ3n) is 1.62. The first-order valence-electron chi connectivity index (χ1n) is 3.95. The summed E-state index contributed by atoms with van der Waals surface area (Å²) in [6.45, 7) is 3.12. The van der Waals surface area contributed by atoms with Gasteiger partial charge in [0.2, 0.25) is 0 Å². The van der Waals surface area contributed by atoms with Crippen LogP contribution in [0.4, 0.5) is 0 Å². The zero-order valence-electron chi connectivity index (χ0n) is 8.37. The highest BCUT2D eigenvalue weighted by molar-refractivity contribution is 14.1. The van der Waals surface area contributed by atoms with Crippen molar-refractivity contribution in [1.29, 1.82) is 0 Å². The average molecular weight is 445 g/mol. The molecule has 0 aromatic carbocycles. The lowest BCUT2D eigenvalue weighted by atomic mass is 10.6. The molecule has 0 fully saturated rings. The summed E-state index contributed by atoms with van der Waals surface area (Å²) in [4.78, 5) is 0. The van der Waals surface area contributed by atoms with Crippen molar-refractivity contribution in [1.82, 2.24) is 4.67 Å². The molecule has 0 aliphatic rings. The number of halogens is 2. The molecule has 4 nitrogen and oxygen atoms in total. The van der Waals surface area contributed by atoms with E-state index in [-0.39, 0.29) is 0 Å². The summed E-state index contributed by atoms with van der Waals surface area (Å²) >= 11 is 4.34. The van der Waals surface area contributed by atoms with Gasteiger partial charge in [-0.25, -0.2) is 9.24 Å². The zero-order valence-corrected chi connectivity index (χ0v) is 13.6. The van der Waals surface area contributed by atoms with Crippen molar-refractivity contribution in [2.75, 3.05) is 27.3 Å². The van der Waals surface area contributed by atoms with E-state index in [9.17, 15) is 4.57 Å². The van der Waals surface area contributed by atoms with E-state index in [1.54, 1.807) is 4.67 Å². The van der Waals surface area contributed by atoms with Gasteiger partial charge in [0.15, 0.2) is 0 Å². The lowest BCUT2D eigenvalue weighted by Gasteiger charge is -2.26. The molecule has 84 valence electrons. The van der Waals surface area contributed by atoms with Gasteiger partial charge in [0.25, 0.3) is 0 Å². The highest BCUT2D eigenvalue weighted by Crippen LogP contribution is 2.50. The predicted octanol–water partition coefficient (Wildman–Crippen LogP) is 3.42. The largest absolute Gasteiger partial charge is 0.407 e. The number of hydrogen-bond donors (Lipinski definition) is 0. The molecule has 0 unspecified atom stereocenters. The Labute approximate surface area is 112 Å². The molecule has 0 aliphatic heterocycles. The molecule has 0 aromatic rings. The lowest BCUT2D eigenvalue weighted by Crippen LogP contribution is -2.23. The van der Waals surface area contributed by atoms with Gasteiger partial charge in [-0.15, -0.1) is 0 Å². The number of likely N-dealkylation sites (N-methyl/N-ethyl adjacent to an activating group) is 1. The molecule has 0 spiro atoms. The van der Waals surface area contributed by atoms with Crippen molar-refractivity contribution in [3.63, 3.8) is 0 Å². The molecule has 7 heteroatoms. The summed E-state index contributed by atoms with van der Waals surface area (Å²) < 4.78 is 26.5. The minimum absolute atomic E-state index is 0.582. The first-order chi connectivity index (χ1) is 6.53. The van der Waals surface area contributed by atoms with E-state index in [0.29, 0.717) is 13.1 Å². The molecule has 0 saturated heterocycles. The van der Waals surface area contributed by atoms with Crippen molar-refractivity contribution >= 4 is 52.9 Å². The fourth-order valence-electron chi connectivity index (χ4n) is 0.886. The minimum atomic E-state index is -3.07. The van der Waals surface area contributed by atoms with Crippen LogP contribution in [-0.4, -0.2) is 32.0 Å². The maximum atomic E-state index is 12.0. The van der Waals surface area contributed by atoms with Crippen LogP contribution in [-0.2, 0) is 13.6 Å². The van der Waals surface area contributed by atoms with Gasteiger partial charge in [0.1, 0.15) is 0 Å². The maximum absolute atomic E-state index is 12.0. The second kappa shape index (κ2) is 7.56. The standard InChI is InChI=1S/C7H14I2NO3P/c1-4-10(6-7(9)5-8)14(11,12-2)13-3/h5H,4,6H2,1-3H3/b7-5-. The van der Waals surface area contributed by atoms with Crippen LogP contribution in [0.15, 0.2) is 7.66 Å². The first-order valence-corrected chi connectivity index (χ1v) is 7.77. The number of hydrogen-bond acceptors (Lipinski definition) is 3. The molecule has 14 heavy (non-hydrogen) atoms. The van der Waals surface area contributed by atoms with Crippen LogP contribution in [0.3, 0.4) is 0 Å². The van der Waals surface area contributed by atoms with Crippen LogP contribution in [0.25, 0.3) is 0 Å². The molecule has 0 aromatic heterocycles. The fourth-order valence-corrected chi connectivity index (χ4v) is 3.05. The van der Waals surface area contributed by atoms with Gasteiger partial charge in [0.05, 0.1) is 0 Å². The van der Waals surface area contributed by atoms with E-state index in [2.05, 4.69) is 45.2 Å². The van der Waals surface area contributed by atoms with Crippen molar-refractivity contribution in [2.45, 2.75) is 6.92 Å². The van der Waals surface area contributed by atoms with Crippen LogP contribution >= 0.6 is 52.9 Å². The Morgan fingerprint density at radius 2 is 2.00 bits per heavy atom. The monoisotopic (exact) mass is 445 g/mol. The van der Waals surface area contributed by atoms with Crippen LogP contribution in [0.5, 0.6) is 0 Å². The Morgan fingerprint density at radius 3 is 2.29 bits per heavy atom. The highest BCUT2D eigenvalue weighted by Gasteiger charge is 2.29. The van der Waals surface area contributed by atoms with E-state index < -0.39 is 7.75 Å². The van der Waals surface area contributed by atoms with Crippen LogP contribution in [0.2, 0.25) is 0 Å². The summed E-state index contributed by atoms with van der Waals surface area (Å²) in [6, 6.07) is 0. The Kier molecular flexibility index (Phi) is 8.27. The summed E-state index contributed by atoms with van der Waals surface area (Å²) in [5.41, 5.74) is 0. The van der Waals surface area contributed by atoms with E-state index in [1.165, 1.54) is 14.2 Å². The average Bonchev–Trinajstić information content (AvgIpc) is 2.24. The van der Waals surface area contributed by atoms with Gasteiger partial charge in [-0.2, -0.15) is 0 Å². The Bertz CT molecular complexity index is 239. The minimum Gasteiger partial charge on any atom is -0.300 e. The third-order valence-corrected chi connectivity index (χ3v) is 6.26. The van der Waals surface area contributed by atoms with Gasteiger partial charge in [-0.3, -0.25) is 9.05 Å². The molecule has 0 rings (SSSR count). The highest BCUT2D eigenvalue weighted by atomic mass is 127. The van der Waals surface area contributed by atoms with Gasteiger partial charge < -0.3 is 0 Å². The quantitative estimate of drug-likeness (QED) is 0.465. The molecule has 0 bridgehead atoms. The second-order valence-corrected chi connectivity index (χ2v) is 6.61. The number of nitrogens with zero attached hydrogens (tertiary/aromatic N) is 1. The SMILES string of the molecule is CCN(C/C(I)=C/I)P(=O)(OC)OC. The van der Waals surface area contributed by atoms with Gasteiger partial charge >= 0.3 is 7.75 Å². The Balaban J connectivity index is 4.62. The normalized spacial score (nSPS) is 13.7. The lowest BCUT2D eigenvalue weighted by molar-refractivity contribution is 0.217.